The van der Waals surface area contributed by atoms with Crippen LogP contribution in [0.15, 0.2) is 18.2 Å². The van der Waals surface area contributed by atoms with Crippen LogP contribution in [0, 0.1) is 29.4 Å². The van der Waals surface area contributed by atoms with E-state index >= 15 is 0 Å². The zero-order valence-corrected chi connectivity index (χ0v) is 11.2. The molecule has 0 spiro atoms. The molecule has 2 fully saturated rings. The number of hydrogen-bond acceptors (Lipinski definition) is 2. The van der Waals surface area contributed by atoms with E-state index in [4.69, 9.17) is 0 Å². The quantitative estimate of drug-likeness (QED) is 0.898. The van der Waals surface area contributed by atoms with Crippen LogP contribution in [0.2, 0.25) is 0 Å². The molecule has 0 radical (unpaired) electrons. The number of carboxylic acids is 1. The fraction of sp³-hybridized carbons (Fsp3) is 0.467. The van der Waals surface area contributed by atoms with Crippen LogP contribution >= 0.6 is 0 Å². The zero-order valence-electron chi connectivity index (χ0n) is 11.2. The minimum absolute atomic E-state index is 0.0650. The van der Waals surface area contributed by atoms with Gasteiger partial charge < -0.3 is 10.4 Å². The highest BCUT2D eigenvalue weighted by Crippen LogP contribution is 2.48. The van der Waals surface area contributed by atoms with E-state index in [1.54, 1.807) is 0 Å². The smallest absolute Gasteiger partial charge is 0.308 e. The molecule has 0 aliphatic heterocycles. The van der Waals surface area contributed by atoms with Gasteiger partial charge in [-0.15, -0.1) is 0 Å². The summed E-state index contributed by atoms with van der Waals surface area (Å²) in [6.07, 6.45) is 2.49. The van der Waals surface area contributed by atoms with Crippen molar-refractivity contribution in [3.05, 3.63) is 35.4 Å². The molecule has 4 unspecified atom stereocenters. The highest BCUT2D eigenvalue weighted by Gasteiger charge is 2.51. The number of hydrogen-bond donors (Lipinski definition) is 2. The number of carbonyl (C=O) groups is 2. The SMILES string of the molecule is O=C(NC1C2CCC(C2)C1C(=O)O)c1cccc(F)c1F. The van der Waals surface area contributed by atoms with Gasteiger partial charge in [0.1, 0.15) is 0 Å². The van der Waals surface area contributed by atoms with Gasteiger partial charge in [0.25, 0.3) is 5.91 Å². The first kappa shape index (κ1) is 14.0. The summed E-state index contributed by atoms with van der Waals surface area (Å²) in [6, 6.07) is 2.87. The van der Waals surface area contributed by atoms with Gasteiger partial charge in [0.05, 0.1) is 11.5 Å². The molecular formula is C15H15F2NO3. The van der Waals surface area contributed by atoms with Crippen molar-refractivity contribution in [2.24, 2.45) is 17.8 Å². The fourth-order valence-corrected chi connectivity index (χ4v) is 3.76. The van der Waals surface area contributed by atoms with Crippen molar-refractivity contribution in [3.63, 3.8) is 0 Å². The number of fused-ring (bicyclic) bond motifs is 2. The lowest BCUT2D eigenvalue weighted by molar-refractivity contribution is -0.144. The molecule has 2 bridgehead atoms. The second-order valence-corrected chi connectivity index (χ2v) is 5.80. The summed E-state index contributed by atoms with van der Waals surface area (Å²) < 4.78 is 26.8. The minimum atomic E-state index is -1.20. The average molecular weight is 295 g/mol. The average Bonchev–Trinajstić information content (AvgIpc) is 3.02. The predicted molar refractivity (Wildman–Crippen MR) is 69.6 cm³/mol. The summed E-state index contributed by atoms with van der Waals surface area (Å²) in [6.45, 7) is 0. The number of rotatable bonds is 3. The van der Waals surface area contributed by atoms with Gasteiger partial charge in [0, 0.05) is 6.04 Å². The number of amides is 1. The predicted octanol–water partition coefficient (Wildman–Crippen LogP) is 2.19. The third kappa shape index (κ3) is 2.28. The molecule has 1 aromatic rings. The van der Waals surface area contributed by atoms with E-state index in [2.05, 4.69) is 5.32 Å². The summed E-state index contributed by atoms with van der Waals surface area (Å²) in [5.74, 6) is -4.45. The Bertz CT molecular complexity index is 605. The molecule has 0 saturated heterocycles. The van der Waals surface area contributed by atoms with Crippen molar-refractivity contribution >= 4 is 11.9 Å². The van der Waals surface area contributed by atoms with Crippen LogP contribution in [0.3, 0.4) is 0 Å². The maximum absolute atomic E-state index is 13.6. The first-order chi connectivity index (χ1) is 9.99. The first-order valence-electron chi connectivity index (χ1n) is 6.96. The van der Waals surface area contributed by atoms with Crippen molar-refractivity contribution in [1.29, 1.82) is 0 Å². The largest absolute Gasteiger partial charge is 0.481 e. The molecule has 2 aliphatic rings. The maximum atomic E-state index is 13.6. The molecule has 0 heterocycles. The molecule has 6 heteroatoms. The van der Waals surface area contributed by atoms with Crippen molar-refractivity contribution in [1.82, 2.24) is 5.32 Å². The Morgan fingerprint density at radius 3 is 2.62 bits per heavy atom. The maximum Gasteiger partial charge on any atom is 0.308 e. The Morgan fingerprint density at radius 1 is 1.19 bits per heavy atom. The molecule has 2 N–H and O–H groups in total. The van der Waals surface area contributed by atoms with Crippen LogP contribution in [-0.4, -0.2) is 23.0 Å². The molecule has 3 rings (SSSR count). The molecular weight excluding hydrogens is 280 g/mol. The third-order valence-corrected chi connectivity index (χ3v) is 4.70. The topological polar surface area (TPSA) is 66.4 Å². The van der Waals surface area contributed by atoms with Crippen molar-refractivity contribution in [2.45, 2.75) is 25.3 Å². The van der Waals surface area contributed by atoms with Crippen molar-refractivity contribution < 1.29 is 23.5 Å². The Kier molecular flexibility index (Phi) is 3.39. The number of carboxylic acid groups (broad SMARTS) is 1. The van der Waals surface area contributed by atoms with Gasteiger partial charge in [-0.1, -0.05) is 6.07 Å². The molecule has 4 nitrogen and oxygen atoms in total. The van der Waals surface area contributed by atoms with Crippen molar-refractivity contribution in [3.8, 4) is 0 Å². The van der Waals surface area contributed by atoms with E-state index in [0.29, 0.717) is 0 Å². The lowest BCUT2D eigenvalue weighted by Crippen LogP contribution is -2.47. The number of nitrogens with one attached hydrogen (secondary N) is 1. The Hall–Kier alpha value is -1.98. The van der Waals surface area contributed by atoms with Gasteiger partial charge in [-0.25, -0.2) is 8.78 Å². The van der Waals surface area contributed by atoms with E-state index in [-0.39, 0.29) is 17.4 Å². The molecule has 112 valence electrons. The monoisotopic (exact) mass is 295 g/mol. The Balaban J connectivity index is 1.81. The number of halogens is 2. The number of aliphatic carboxylic acids is 1. The van der Waals surface area contributed by atoms with E-state index in [1.165, 1.54) is 12.1 Å². The van der Waals surface area contributed by atoms with Crippen LogP contribution in [-0.2, 0) is 4.79 Å². The highest BCUT2D eigenvalue weighted by atomic mass is 19.2. The van der Waals surface area contributed by atoms with E-state index in [0.717, 1.165) is 25.3 Å². The first-order valence-corrected chi connectivity index (χ1v) is 6.96. The number of carbonyl (C=O) groups excluding carboxylic acids is 1. The van der Waals surface area contributed by atoms with Gasteiger partial charge >= 0.3 is 5.97 Å². The van der Waals surface area contributed by atoms with Crippen LogP contribution in [0.4, 0.5) is 8.78 Å². The molecule has 1 aromatic carbocycles. The highest BCUT2D eigenvalue weighted by molar-refractivity contribution is 5.95. The van der Waals surface area contributed by atoms with Gasteiger partial charge in [0.2, 0.25) is 0 Å². The molecule has 0 aromatic heterocycles. The molecule has 2 saturated carbocycles. The molecule has 1 amide bonds. The summed E-state index contributed by atoms with van der Waals surface area (Å²) in [7, 11) is 0. The van der Waals surface area contributed by atoms with E-state index in [1.807, 2.05) is 0 Å². The van der Waals surface area contributed by atoms with Crippen molar-refractivity contribution in [2.75, 3.05) is 0 Å². The molecule has 4 atom stereocenters. The summed E-state index contributed by atoms with van der Waals surface area (Å²) >= 11 is 0. The summed E-state index contributed by atoms with van der Waals surface area (Å²) in [4.78, 5) is 23.5. The van der Waals surface area contributed by atoms with Crippen LogP contribution in [0.1, 0.15) is 29.6 Å². The zero-order chi connectivity index (χ0) is 15.1. The van der Waals surface area contributed by atoms with Crippen LogP contribution in [0.5, 0.6) is 0 Å². The van der Waals surface area contributed by atoms with E-state index in [9.17, 15) is 23.5 Å². The molecule has 21 heavy (non-hydrogen) atoms. The Labute approximate surface area is 120 Å². The third-order valence-electron chi connectivity index (χ3n) is 4.70. The normalized spacial score (nSPS) is 30.4. The standard InChI is InChI=1S/C15H15F2NO3/c16-10-3-1-2-9(12(10)17)14(19)18-13-8-5-4-7(6-8)11(13)15(20)21/h1-3,7-8,11,13H,4-6H2,(H,18,19)(H,20,21). The second-order valence-electron chi connectivity index (χ2n) is 5.80. The summed E-state index contributed by atoms with van der Waals surface area (Å²) in [5.41, 5.74) is -0.387. The van der Waals surface area contributed by atoms with Gasteiger partial charge in [-0.05, 0) is 43.2 Å². The molecule has 2 aliphatic carbocycles. The fourth-order valence-electron chi connectivity index (χ4n) is 3.76. The van der Waals surface area contributed by atoms with Crippen LogP contribution < -0.4 is 5.32 Å². The van der Waals surface area contributed by atoms with Gasteiger partial charge in [-0.3, -0.25) is 9.59 Å². The minimum Gasteiger partial charge on any atom is -0.481 e. The summed E-state index contributed by atoms with van der Waals surface area (Å²) in [5, 5.41) is 11.9. The second kappa shape index (κ2) is 5.09. The Morgan fingerprint density at radius 2 is 1.90 bits per heavy atom. The van der Waals surface area contributed by atoms with E-state index < -0.39 is 35.5 Å². The lowest BCUT2D eigenvalue weighted by atomic mass is 9.84. The van der Waals surface area contributed by atoms with Crippen LogP contribution in [0.25, 0.3) is 0 Å². The lowest BCUT2D eigenvalue weighted by Gasteiger charge is -2.28. The van der Waals surface area contributed by atoms with Gasteiger partial charge in [-0.2, -0.15) is 0 Å². The number of benzene rings is 1. The van der Waals surface area contributed by atoms with Gasteiger partial charge in [0.15, 0.2) is 11.6 Å².